The van der Waals surface area contributed by atoms with E-state index in [0.29, 0.717) is 0 Å². The number of nitrogens with one attached hydrogen (secondary N) is 1. The average Bonchev–Trinajstić information content (AvgIpc) is 3.46. The van der Waals surface area contributed by atoms with E-state index >= 15 is 0 Å². The van der Waals surface area contributed by atoms with Crippen LogP contribution in [-0.2, 0) is 23.1 Å². The number of aryl methyl sites for hydroxylation is 3. The second kappa shape index (κ2) is 10.4. The van der Waals surface area contributed by atoms with Gasteiger partial charge in [-0.05, 0) is 73.5 Å². The highest BCUT2D eigenvalue weighted by molar-refractivity contribution is 7.10. The van der Waals surface area contributed by atoms with Gasteiger partial charge in [0.1, 0.15) is 0 Å². The van der Waals surface area contributed by atoms with E-state index in [4.69, 9.17) is 0 Å². The van der Waals surface area contributed by atoms with E-state index in [-0.39, 0.29) is 24.3 Å². The Morgan fingerprint density at radius 3 is 2.52 bits per heavy atom. The second-order valence-corrected chi connectivity index (χ2v) is 10.1. The topological polar surface area (TPSA) is 54.3 Å². The van der Waals surface area contributed by atoms with Crippen LogP contribution in [0.1, 0.15) is 59.8 Å². The zero-order valence-electron chi connectivity index (χ0n) is 19.7. The molecule has 0 aliphatic heterocycles. The summed E-state index contributed by atoms with van der Waals surface area (Å²) in [4.78, 5) is 30.3. The SMILES string of the molecule is Cc1ccc(N(C(=O)Cc2cccs2)[C@H](C(=O)NC2CCCCC2)c2cccn2C)cc1C. The van der Waals surface area contributed by atoms with Crippen LogP contribution in [0.4, 0.5) is 5.69 Å². The molecule has 1 fully saturated rings. The molecule has 1 aliphatic carbocycles. The van der Waals surface area contributed by atoms with E-state index in [2.05, 4.69) is 12.2 Å². The fourth-order valence-electron chi connectivity index (χ4n) is 4.63. The maximum absolute atomic E-state index is 13.8. The van der Waals surface area contributed by atoms with Crippen molar-refractivity contribution in [1.82, 2.24) is 9.88 Å². The Bertz CT molecular complexity index is 1100. The molecule has 33 heavy (non-hydrogen) atoms. The minimum absolute atomic E-state index is 0.0781. The number of carbonyl (C=O) groups excluding carboxylic acids is 2. The molecule has 1 saturated carbocycles. The number of carbonyl (C=O) groups is 2. The third-order valence-corrected chi connectivity index (χ3v) is 7.54. The molecule has 1 aromatic carbocycles. The van der Waals surface area contributed by atoms with Gasteiger partial charge in [0.15, 0.2) is 6.04 Å². The molecule has 174 valence electrons. The standard InChI is InChI=1S/C27H33N3O2S/c1-19-13-14-22(17-20(19)2)30(25(31)18-23-11-8-16-33-23)26(24-12-7-15-29(24)3)27(32)28-21-9-5-4-6-10-21/h7-8,11-17,21,26H,4-6,9-10,18H2,1-3H3,(H,28,32)/t26-/m0/s1. The van der Waals surface area contributed by atoms with Gasteiger partial charge in [0.05, 0.1) is 12.1 Å². The van der Waals surface area contributed by atoms with Crippen LogP contribution < -0.4 is 10.2 Å². The minimum Gasteiger partial charge on any atom is -0.352 e. The van der Waals surface area contributed by atoms with E-state index in [1.165, 1.54) is 6.42 Å². The van der Waals surface area contributed by atoms with E-state index in [9.17, 15) is 9.59 Å². The molecule has 4 rings (SSSR count). The van der Waals surface area contributed by atoms with Gasteiger partial charge in [-0.3, -0.25) is 14.5 Å². The summed E-state index contributed by atoms with van der Waals surface area (Å²) in [5, 5.41) is 5.26. The smallest absolute Gasteiger partial charge is 0.249 e. The highest BCUT2D eigenvalue weighted by atomic mass is 32.1. The fraction of sp³-hybridized carbons (Fsp3) is 0.407. The van der Waals surface area contributed by atoms with Crippen molar-refractivity contribution in [3.05, 3.63) is 75.7 Å². The number of thiophene rings is 1. The van der Waals surface area contributed by atoms with Gasteiger partial charge in [-0.2, -0.15) is 0 Å². The van der Waals surface area contributed by atoms with Crippen LogP contribution in [0.5, 0.6) is 0 Å². The number of hydrogen-bond acceptors (Lipinski definition) is 3. The number of amides is 2. The summed E-state index contributed by atoms with van der Waals surface area (Å²) in [6, 6.07) is 13.2. The van der Waals surface area contributed by atoms with E-state index in [1.807, 2.05) is 72.6 Å². The van der Waals surface area contributed by atoms with Crippen molar-refractivity contribution >= 4 is 28.8 Å². The minimum atomic E-state index is -0.735. The summed E-state index contributed by atoms with van der Waals surface area (Å²) in [6.45, 7) is 4.10. The zero-order valence-corrected chi connectivity index (χ0v) is 20.5. The first-order valence-electron chi connectivity index (χ1n) is 11.8. The fourth-order valence-corrected chi connectivity index (χ4v) is 5.33. The lowest BCUT2D eigenvalue weighted by Gasteiger charge is -2.34. The number of benzene rings is 1. The molecule has 5 nitrogen and oxygen atoms in total. The summed E-state index contributed by atoms with van der Waals surface area (Å²) in [6.07, 6.45) is 7.69. The Balaban J connectivity index is 1.75. The lowest BCUT2D eigenvalue weighted by atomic mass is 9.95. The maximum atomic E-state index is 13.8. The molecule has 3 aromatic rings. The zero-order chi connectivity index (χ0) is 23.4. The van der Waals surface area contributed by atoms with Gasteiger partial charge < -0.3 is 9.88 Å². The van der Waals surface area contributed by atoms with Crippen LogP contribution in [0.15, 0.2) is 54.0 Å². The highest BCUT2D eigenvalue weighted by Crippen LogP contribution is 2.31. The predicted octanol–water partition coefficient (Wildman–Crippen LogP) is 5.47. The van der Waals surface area contributed by atoms with Crippen molar-refractivity contribution in [2.75, 3.05) is 4.90 Å². The molecular formula is C27H33N3O2S. The van der Waals surface area contributed by atoms with E-state index in [1.54, 1.807) is 16.2 Å². The van der Waals surface area contributed by atoms with Crippen LogP contribution >= 0.6 is 11.3 Å². The number of rotatable bonds is 7. The Labute approximate surface area is 200 Å². The lowest BCUT2D eigenvalue weighted by molar-refractivity contribution is -0.127. The summed E-state index contributed by atoms with van der Waals surface area (Å²) < 4.78 is 1.94. The van der Waals surface area contributed by atoms with Crippen molar-refractivity contribution in [1.29, 1.82) is 0 Å². The molecule has 2 heterocycles. The Hall–Kier alpha value is -2.86. The first-order chi connectivity index (χ1) is 15.9. The normalized spacial score (nSPS) is 15.2. The summed E-state index contributed by atoms with van der Waals surface area (Å²) in [5.41, 5.74) is 3.82. The summed E-state index contributed by atoms with van der Waals surface area (Å²) in [7, 11) is 1.93. The number of aromatic nitrogens is 1. The molecule has 0 saturated heterocycles. The molecule has 6 heteroatoms. The van der Waals surface area contributed by atoms with E-state index in [0.717, 1.165) is 53.1 Å². The van der Waals surface area contributed by atoms with Gasteiger partial charge in [-0.15, -0.1) is 11.3 Å². The predicted molar refractivity (Wildman–Crippen MR) is 135 cm³/mol. The first-order valence-corrected chi connectivity index (χ1v) is 12.7. The van der Waals surface area contributed by atoms with Crippen molar-refractivity contribution in [3.63, 3.8) is 0 Å². The van der Waals surface area contributed by atoms with Crippen molar-refractivity contribution in [3.8, 4) is 0 Å². The van der Waals surface area contributed by atoms with Crippen LogP contribution in [0.25, 0.3) is 0 Å². The summed E-state index contributed by atoms with van der Waals surface area (Å²) >= 11 is 1.57. The largest absolute Gasteiger partial charge is 0.352 e. The monoisotopic (exact) mass is 463 g/mol. The molecule has 0 spiro atoms. The van der Waals surface area contributed by atoms with Crippen LogP contribution in [0.3, 0.4) is 0 Å². The summed E-state index contributed by atoms with van der Waals surface area (Å²) in [5.74, 6) is -0.188. The van der Waals surface area contributed by atoms with Gasteiger partial charge >= 0.3 is 0 Å². The van der Waals surface area contributed by atoms with Gasteiger partial charge in [-0.25, -0.2) is 0 Å². The first kappa shape index (κ1) is 23.3. The van der Waals surface area contributed by atoms with Crippen LogP contribution in [0.2, 0.25) is 0 Å². The number of hydrogen-bond donors (Lipinski definition) is 1. The third kappa shape index (κ3) is 5.38. The average molecular weight is 464 g/mol. The van der Waals surface area contributed by atoms with Gasteiger partial charge in [-0.1, -0.05) is 31.4 Å². The Morgan fingerprint density at radius 2 is 1.88 bits per heavy atom. The molecule has 0 unspecified atom stereocenters. The molecular weight excluding hydrogens is 430 g/mol. The Morgan fingerprint density at radius 1 is 1.09 bits per heavy atom. The van der Waals surface area contributed by atoms with Gasteiger partial charge in [0.25, 0.3) is 0 Å². The number of nitrogens with zero attached hydrogens (tertiary/aromatic N) is 2. The number of anilines is 1. The van der Waals surface area contributed by atoms with Gasteiger partial charge in [0, 0.05) is 29.9 Å². The molecule has 1 N–H and O–H groups in total. The molecule has 1 aliphatic rings. The van der Waals surface area contributed by atoms with Crippen molar-refractivity contribution in [2.24, 2.45) is 7.05 Å². The maximum Gasteiger partial charge on any atom is 0.249 e. The molecule has 2 aromatic heterocycles. The van der Waals surface area contributed by atoms with Crippen LogP contribution in [0, 0.1) is 13.8 Å². The Kier molecular flexibility index (Phi) is 7.33. The van der Waals surface area contributed by atoms with Crippen molar-refractivity contribution < 1.29 is 9.59 Å². The van der Waals surface area contributed by atoms with E-state index < -0.39 is 6.04 Å². The second-order valence-electron chi connectivity index (χ2n) is 9.08. The molecule has 0 bridgehead atoms. The van der Waals surface area contributed by atoms with Crippen LogP contribution in [-0.4, -0.2) is 22.4 Å². The lowest BCUT2D eigenvalue weighted by Crippen LogP contribution is -2.48. The molecule has 1 atom stereocenters. The third-order valence-electron chi connectivity index (χ3n) is 6.67. The molecule has 0 radical (unpaired) electrons. The quantitative estimate of drug-likeness (QED) is 0.505. The van der Waals surface area contributed by atoms with Crippen molar-refractivity contribution in [2.45, 2.75) is 64.5 Å². The van der Waals surface area contributed by atoms with Gasteiger partial charge in [0.2, 0.25) is 11.8 Å². The molecule has 2 amide bonds. The highest BCUT2D eigenvalue weighted by Gasteiger charge is 2.35.